The zero-order valence-corrected chi connectivity index (χ0v) is 21.8. The van der Waals surface area contributed by atoms with E-state index < -0.39 is 21.7 Å². The number of nitrogens with one attached hydrogen (secondary N) is 2. The van der Waals surface area contributed by atoms with Crippen LogP contribution >= 0.6 is 11.3 Å². The van der Waals surface area contributed by atoms with Crippen molar-refractivity contribution in [3.05, 3.63) is 131 Å². The highest BCUT2D eigenvalue weighted by Gasteiger charge is 2.22. The van der Waals surface area contributed by atoms with Gasteiger partial charge < -0.3 is 0 Å². The van der Waals surface area contributed by atoms with Crippen molar-refractivity contribution in [3.63, 3.8) is 0 Å². The molecule has 39 heavy (non-hydrogen) atoms. The molecule has 1 amide bonds. The van der Waals surface area contributed by atoms with Gasteiger partial charge in [-0.1, -0.05) is 72.0 Å². The van der Waals surface area contributed by atoms with E-state index in [1.54, 1.807) is 24.3 Å². The maximum atomic E-state index is 13.3. The Bertz CT molecular complexity index is 1740. The number of hydrogen-bond donors (Lipinski definition) is 2. The summed E-state index contributed by atoms with van der Waals surface area (Å²) in [4.78, 5) is 31.1. The van der Waals surface area contributed by atoms with E-state index in [0.29, 0.717) is 16.1 Å². The number of nitrogens with zero attached hydrogens (tertiary/aromatic N) is 1. The number of sulfonamides is 1. The topological polar surface area (TPSA) is 105 Å². The summed E-state index contributed by atoms with van der Waals surface area (Å²) in [6.07, 6.45) is 0. The first-order valence-electron chi connectivity index (χ1n) is 11.7. The normalized spacial score (nSPS) is 11.1. The third-order valence-corrected chi connectivity index (χ3v) is 8.03. The Kier molecular flexibility index (Phi) is 7.31. The van der Waals surface area contributed by atoms with Gasteiger partial charge in [0.05, 0.1) is 10.6 Å². The van der Waals surface area contributed by atoms with E-state index in [4.69, 9.17) is 0 Å². The quantitative estimate of drug-likeness (QED) is 0.220. The molecule has 5 aromatic rings. The van der Waals surface area contributed by atoms with Crippen molar-refractivity contribution < 1.29 is 22.4 Å². The number of carbonyl (C=O) groups excluding carboxylic acids is 2. The standard InChI is InChI=1S/C29H20FN3O4S2/c30-22-13-17-24(18-14-22)39(36,37)33-23-15-11-21(12-16-23)28(35)32-29-31-25(19-7-3-1-4-8-19)27(38-29)26(34)20-9-5-2-6-10-20/h1-18,33H,(H,31,32,35). The van der Waals surface area contributed by atoms with Gasteiger partial charge in [0, 0.05) is 22.4 Å². The lowest BCUT2D eigenvalue weighted by atomic mass is 10.1. The van der Waals surface area contributed by atoms with Crippen LogP contribution in [0.1, 0.15) is 25.6 Å². The Morgan fingerprint density at radius 3 is 2.00 bits per heavy atom. The van der Waals surface area contributed by atoms with Gasteiger partial charge in [-0.25, -0.2) is 17.8 Å². The highest BCUT2D eigenvalue weighted by molar-refractivity contribution is 7.92. The van der Waals surface area contributed by atoms with E-state index in [0.717, 1.165) is 41.2 Å². The molecule has 0 aliphatic carbocycles. The first-order chi connectivity index (χ1) is 18.8. The van der Waals surface area contributed by atoms with Crippen LogP contribution in [0.25, 0.3) is 11.3 Å². The largest absolute Gasteiger partial charge is 0.298 e. The van der Waals surface area contributed by atoms with Crippen LogP contribution in [0.5, 0.6) is 0 Å². The molecule has 0 aliphatic rings. The molecular weight excluding hydrogens is 537 g/mol. The lowest BCUT2D eigenvalue weighted by molar-refractivity contribution is 0.102. The zero-order valence-electron chi connectivity index (χ0n) is 20.2. The maximum absolute atomic E-state index is 13.3. The van der Waals surface area contributed by atoms with E-state index in [2.05, 4.69) is 15.0 Å². The second-order valence-electron chi connectivity index (χ2n) is 8.35. The molecular formula is C29H20FN3O4S2. The number of aromatic nitrogens is 1. The average molecular weight is 558 g/mol. The predicted molar refractivity (Wildman–Crippen MR) is 149 cm³/mol. The highest BCUT2D eigenvalue weighted by Crippen LogP contribution is 2.33. The van der Waals surface area contributed by atoms with E-state index in [-0.39, 0.29) is 27.1 Å². The molecule has 0 spiro atoms. The summed E-state index contributed by atoms with van der Waals surface area (Å²) >= 11 is 1.08. The Morgan fingerprint density at radius 1 is 0.744 bits per heavy atom. The van der Waals surface area contributed by atoms with Crippen LogP contribution in [-0.2, 0) is 10.0 Å². The van der Waals surface area contributed by atoms with Crippen molar-refractivity contribution in [1.82, 2.24) is 4.98 Å². The average Bonchev–Trinajstić information content (AvgIpc) is 3.37. The van der Waals surface area contributed by atoms with E-state index >= 15 is 0 Å². The van der Waals surface area contributed by atoms with Crippen molar-refractivity contribution >= 4 is 43.9 Å². The lowest BCUT2D eigenvalue weighted by Gasteiger charge is -2.09. The third-order valence-electron chi connectivity index (χ3n) is 5.66. The summed E-state index contributed by atoms with van der Waals surface area (Å²) in [6.45, 7) is 0. The van der Waals surface area contributed by atoms with Crippen LogP contribution < -0.4 is 10.0 Å². The molecule has 0 radical (unpaired) electrons. The molecule has 10 heteroatoms. The number of hydrogen-bond acceptors (Lipinski definition) is 6. The molecule has 1 heterocycles. The van der Waals surface area contributed by atoms with Crippen molar-refractivity contribution in [1.29, 1.82) is 0 Å². The number of amides is 1. The van der Waals surface area contributed by atoms with Crippen molar-refractivity contribution in [2.45, 2.75) is 4.90 Å². The van der Waals surface area contributed by atoms with Gasteiger partial charge >= 0.3 is 0 Å². The first kappa shape index (κ1) is 26.0. The van der Waals surface area contributed by atoms with Gasteiger partial charge in [-0.15, -0.1) is 0 Å². The number of halogens is 1. The number of ketones is 1. The van der Waals surface area contributed by atoms with Gasteiger partial charge in [0.1, 0.15) is 10.7 Å². The molecule has 0 atom stereocenters. The minimum atomic E-state index is -3.93. The van der Waals surface area contributed by atoms with Gasteiger partial charge in [-0.05, 0) is 48.5 Å². The van der Waals surface area contributed by atoms with Gasteiger partial charge in [0.25, 0.3) is 15.9 Å². The van der Waals surface area contributed by atoms with Crippen molar-refractivity contribution in [2.75, 3.05) is 10.0 Å². The van der Waals surface area contributed by atoms with Gasteiger partial charge in [0.2, 0.25) is 5.78 Å². The second kappa shape index (κ2) is 11.0. The Hall–Kier alpha value is -4.67. The van der Waals surface area contributed by atoms with Crippen LogP contribution in [-0.4, -0.2) is 25.1 Å². The number of carbonyl (C=O) groups is 2. The Balaban J connectivity index is 1.36. The molecule has 5 rings (SSSR count). The number of benzene rings is 4. The molecule has 194 valence electrons. The molecule has 1 aromatic heterocycles. The second-order valence-corrected chi connectivity index (χ2v) is 11.0. The summed E-state index contributed by atoms with van der Waals surface area (Å²) in [6, 6.07) is 28.3. The monoisotopic (exact) mass is 557 g/mol. The van der Waals surface area contributed by atoms with Crippen molar-refractivity contribution in [2.24, 2.45) is 0 Å². The summed E-state index contributed by atoms with van der Waals surface area (Å²) in [5, 5.41) is 2.99. The summed E-state index contributed by atoms with van der Waals surface area (Å²) < 4.78 is 40.6. The van der Waals surface area contributed by atoms with E-state index in [9.17, 15) is 22.4 Å². The van der Waals surface area contributed by atoms with Crippen LogP contribution in [0.4, 0.5) is 15.2 Å². The van der Waals surface area contributed by atoms with E-state index in [1.807, 2.05) is 36.4 Å². The van der Waals surface area contributed by atoms with Crippen LogP contribution in [0.2, 0.25) is 0 Å². The summed E-state index contributed by atoms with van der Waals surface area (Å²) in [5.74, 6) is -1.22. The number of rotatable bonds is 8. The fourth-order valence-electron chi connectivity index (χ4n) is 3.73. The number of thiazole rings is 1. The Morgan fingerprint density at radius 2 is 1.36 bits per heavy atom. The van der Waals surface area contributed by atoms with Crippen LogP contribution in [0, 0.1) is 5.82 Å². The van der Waals surface area contributed by atoms with Crippen LogP contribution in [0.15, 0.2) is 114 Å². The summed E-state index contributed by atoms with van der Waals surface area (Å²) in [7, 11) is -3.93. The van der Waals surface area contributed by atoms with E-state index in [1.165, 1.54) is 24.3 Å². The molecule has 0 bridgehead atoms. The molecule has 4 aromatic carbocycles. The Labute approximate surface area is 228 Å². The smallest absolute Gasteiger partial charge is 0.261 e. The van der Waals surface area contributed by atoms with Gasteiger partial charge in [-0.2, -0.15) is 0 Å². The fourth-order valence-corrected chi connectivity index (χ4v) is 5.73. The molecule has 0 saturated carbocycles. The number of anilines is 2. The molecule has 7 nitrogen and oxygen atoms in total. The van der Waals surface area contributed by atoms with Crippen LogP contribution in [0.3, 0.4) is 0 Å². The zero-order chi connectivity index (χ0) is 27.4. The highest BCUT2D eigenvalue weighted by atomic mass is 32.2. The summed E-state index contributed by atoms with van der Waals surface area (Å²) in [5.41, 5.74) is 2.20. The molecule has 0 aliphatic heterocycles. The third kappa shape index (κ3) is 5.92. The lowest BCUT2D eigenvalue weighted by Crippen LogP contribution is -2.14. The predicted octanol–water partition coefficient (Wildman–Crippen LogP) is 6.23. The van der Waals surface area contributed by atoms with Gasteiger partial charge in [0.15, 0.2) is 5.13 Å². The molecule has 0 saturated heterocycles. The molecule has 2 N–H and O–H groups in total. The SMILES string of the molecule is O=C(Nc1nc(-c2ccccc2)c(C(=O)c2ccccc2)s1)c1ccc(NS(=O)(=O)c2ccc(F)cc2)cc1. The minimum absolute atomic E-state index is 0.0930. The van der Waals surface area contributed by atoms with Crippen molar-refractivity contribution in [3.8, 4) is 11.3 Å². The fraction of sp³-hybridized carbons (Fsp3) is 0. The maximum Gasteiger partial charge on any atom is 0.261 e. The molecule has 0 unspecified atom stereocenters. The molecule has 0 fully saturated rings. The minimum Gasteiger partial charge on any atom is -0.298 e. The van der Waals surface area contributed by atoms with Gasteiger partial charge in [-0.3, -0.25) is 19.6 Å². The first-order valence-corrected chi connectivity index (χ1v) is 14.0.